The summed E-state index contributed by atoms with van der Waals surface area (Å²) in [6.07, 6.45) is 5.99. The maximum atomic E-state index is 11.8. The predicted molar refractivity (Wildman–Crippen MR) is 152 cm³/mol. The number of anilines is 2. The van der Waals surface area contributed by atoms with E-state index < -0.39 is 0 Å². The fourth-order valence-electron chi connectivity index (χ4n) is 4.84. The number of rotatable bonds is 7. The molecule has 1 saturated heterocycles. The first-order chi connectivity index (χ1) is 17.4. The van der Waals surface area contributed by atoms with Crippen molar-refractivity contribution in [1.29, 1.82) is 0 Å². The van der Waals surface area contributed by atoms with Crippen LogP contribution in [-0.4, -0.2) is 32.4 Å². The smallest absolute Gasteiger partial charge is 0.219 e. The summed E-state index contributed by atoms with van der Waals surface area (Å²) in [6, 6.07) is 18.8. The second kappa shape index (κ2) is 11.6. The summed E-state index contributed by atoms with van der Waals surface area (Å²) >= 11 is 6.70. The number of halogens is 1. The first kappa shape index (κ1) is 25.8. The second-order valence-corrected chi connectivity index (χ2v) is 9.79. The lowest BCUT2D eigenvalue weighted by molar-refractivity contribution is -0.106. The molecule has 0 spiro atoms. The number of carbonyl (C=O) groups excluding carboxylic acids is 1. The number of aliphatic imine (C=N–C) groups is 1. The third-order valence-electron chi connectivity index (χ3n) is 7.01. The number of ether oxygens (including phenoxy) is 1. The molecule has 5 nitrogen and oxygen atoms in total. The summed E-state index contributed by atoms with van der Waals surface area (Å²) in [7, 11) is 1.71. The van der Waals surface area contributed by atoms with Gasteiger partial charge in [-0.15, -0.1) is 0 Å². The molecule has 0 atom stereocenters. The number of nitrogens with zero attached hydrogens (tertiary/aromatic N) is 3. The van der Waals surface area contributed by atoms with Crippen LogP contribution in [0.3, 0.4) is 0 Å². The van der Waals surface area contributed by atoms with Gasteiger partial charge in [-0.25, -0.2) is 4.99 Å². The van der Waals surface area contributed by atoms with Gasteiger partial charge in [-0.2, -0.15) is 0 Å². The quantitative estimate of drug-likeness (QED) is 0.193. The average molecular weight is 504 g/mol. The van der Waals surface area contributed by atoms with E-state index in [4.69, 9.17) is 16.3 Å². The largest absolute Gasteiger partial charge is 0.497 e. The zero-order valence-electron chi connectivity index (χ0n) is 21.5. The number of amides is 1. The number of carbonyl (C=O) groups is 1. The number of benzene rings is 3. The molecule has 3 aromatic rings. The minimum atomic E-state index is 0.609. The Bertz CT molecular complexity index is 1290. The summed E-state index contributed by atoms with van der Waals surface area (Å²) in [4.78, 5) is 20.1. The van der Waals surface area contributed by atoms with Crippen LogP contribution in [0.4, 0.5) is 11.4 Å². The highest BCUT2D eigenvalue weighted by Gasteiger charge is 2.22. The van der Waals surface area contributed by atoms with Gasteiger partial charge in [-0.3, -0.25) is 9.69 Å². The van der Waals surface area contributed by atoms with Gasteiger partial charge in [-0.05, 0) is 92.6 Å². The molecule has 1 aliphatic rings. The zero-order chi connectivity index (χ0) is 25.7. The average Bonchev–Trinajstić information content (AvgIpc) is 2.89. The van der Waals surface area contributed by atoms with Crippen LogP contribution in [0.15, 0.2) is 71.4 Å². The molecule has 0 radical (unpaired) electrons. The molecule has 36 heavy (non-hydrogen) atoms. The van der Waals surface area contributed by atoms with Crippen molar-refractivity contribution in [1.82, 2.24) is 0 Å². The number of methoxy groups -OCH3 is 1. The molecule has 0 aliphatic carbocycles. The van der Waals surface area contributed by atoms with E-state index >= 15 is 0 Å². The van der Waals surface area contributed by atoms with E-state index in [0.717, 1.165) is 55.9 Å². The summed E-state index contributed by atoms with van der Waals surface area (Å²) < 4.78 is 5.39. The van der Waals surface area contributed by atoms with Crippen LogP contribution in [0.1, 0.15) is 39.2 Å². The molecule has 3 aromatic carbocycles. The van der Waals surface area contributed by atoms with Crippen molar-refractivity contribution >= 4 is 46.0 Å². The highest BCUT2D eigenvalue weighted by atomic mass is 35.5. The Balaban J connectivity index is 1.41. The van der Waals surface area contributed by atoms with E-state index in [1.807, 2.05) is 51.1 Å². The molecule has 4 rings (SSSR count). The molecular weight excluding hydrogens is 470 g/mol. The SMILES string of the molecule is C/C=C(/C)N=C(C)N(C=O)c1ccc(N2CCC(Cc3ccc4ccc(OC)cc4c3)CC2)c(Cl)c1. The van der Waals surface area contributed by atoms with E-state index in [0.29, 0.717) is 22.5 Å². The van der Waals surface area contributed by atoms with Crippen LogP contribution in [-0.2, 0) is 11.2 Å². The number of allylic oxidation sites excluding steroid dienone is 2. The monoisotopic (exact) mass is 503 g/mol. The maximum Gasteiger partial charge on any atom is 0.219 e. The highest BCUT2D eigenvalue weighted by Crippen LogP contribution is 2.34. The Morgan fingerprint density at radius 2 is 1.83 bits per heavy atom. The Morgan fingerprint density at radius 3 is 2.50 bits per heavy atom. The van der Waals surface area contributed by atoms with Crippen molar-refractivity contribution in [2.24, 2.45) is 10.9 Å². The van der Waals surface area contributed by atoms with Crippen LogP contribution in [0, 0.1) is 5.92 Å². The Labute approximate surface area is 219 Å². The number of amidine groups is 1. The number of hydrogen-bond acceptors (Lipinski definition) is 4. The number of hydrogen-bond donors (Lipinski definition) is 0. The van der Waals surface area contributed by atoms with Crippen molar-refractivity contribution in [3.63, 3.8) is 0 Å². The van der Waals surface area contributed by atoms with Crippen molar-refractivity contribution in [3.8, 4) is 5.75 Å². The van der Waals surface area contributed by atoms with E-state index in [2.05, 4.69) is 40.2 Å². The minimum Gasteiger partial charge on any atom is -0.497 e. The van der Waals surface area contributed by atoms with Crippen molar-refractivity contribution in [2.45, 2.75) is 40.0 Å². The molecular formula is C30H34ClN3O2. The highest BCUT2D eigenvalue weighted by molar-refractivity contribution is 6.33. The topological polar surface area (TPSA) is 45.1 Å². The normalized spacial score (nSPS) is 15.3. The van der Waals surface area contributed by atoms with Gasteiger partial charge < -0.3 is 9.64 Å². The summed E-state index contributed by atoms with van der Waals surface area (Å²) in [5.41, 5.74) is 3.96. The molecule has 0 N–H and O–H groups in total. The number of fused-ring (bicyclic) bond motifs is 1. The lowest BCUT2D eigenvalue weighted by atomic mass is 9.89. The maximum absolute atomic E-state index is 11.8. The Kier molecular flexibility index (Phi) is 8.32. The molecule has 6 heteroatoms. The van der Waals surface area contributed by atoms with E-state index in [1.165, 1.54) is 21.2 Å². The molecule has 1 amide bonds. The standard InChI is InChI=1S/C30H34ClN3O2/c1-5-21(2)32-22(3)34(20-35)27-9-11-30(29(31)19-27)33-14-12-23(13-15-33)16-24-6-7-25-8-10-28(36-4)18-26(25)17-24/h5-11,17-20,23H,12-16H2,1-4H3/b21-5-,32-22?. The van der Waals surface area contributed by atoms with Crippen LogP contribution in [0.25, 0.3) is 10.8 Å². The third kappa shape index (κ3) is 5.90. The van der Waals surface area contributed by atoms with Gasteiger partial charge in [0.1, 0.15) is 11.6 Å². The molecule has 0 bridgehead atoms. The van der Waals surface area contributed by atoms with Crippen LogP contribution >= 0.6 is 11.6 Å². The van der Waals surface area contributed by atoms with Gasteiger partial charge in [0.15, 0.2) is 0 Å². The van der Waals surface area contributed by atoms with Crippen LogP contribution < -0.4 is 14.5 Å². The molecule has 188 valence electrons. The molecule has 0 unspecified atom stereocenters. The van der Waals surface area contributed by atoms with E-state index in [-0.39, 0.29) is 0 Å². The van der Waals surface area contributed by atoms with Crippen LogP contribution in [0.5, 0.6) is 5.75 Å². The molecule has 1 aliphatic heterocycles. The first-order valence-corrected chi connectivity index (χ1v) is 12.8. The van der Waals surface area contributed by atoms with E-state index in [9.17, 15) is 4.79 Å². The van der Waals surface area contributed by atoms with Gasteiger partial charge >= 0.3 is 0 Å². The Hall–Kier alpha value is -3.31. The second-order valence-electron chi connectivity index (χ2n) is 9.38. The molecule has 1 heterocycles. The van der Waals surface area contributed by atoms with Gasteiger partial charge in [0.2, 0.25) is 6.41 Å². The van der Waals surface area contributed by atoms with Crippen LogP contribution in [0.2, 0.25) is 5.02 Å². The van der Waals surface area contributed by atoms with Gasteiger partial charge in [0.25, 0.3) is 0 Å². The van der Waals surface area contributed by atoms with Crippen molar-refractivity contribution in [2.75, 3.05) is 30.0 Å². The lowest BCUT2D eigenvalue weighted by Gasteiger charge is -2.34. The summed E-state index contributed by atoms with van der Waals surface area (Å²) in [5.74, 6) is 2.14. The van der Waals surface area contributed by atoms with Crippen molar-refractivity contribution < 1.29 is 9.53 Å². The molecule has 0 saturated carbocycles. The van der Waals surface area contributed by atoms with E-state index in [1.54, 1.807) is 7.11 Å². The lowest BCUT2D eigenvalue weighted by Crippen LogP contribution is -2.34. The molecule has 0 aromatic heterocycles. The zero-order valence-corrected chi connectivity index (χ0v) is 22.3. The first-order valence-electron chi connectivity index (χ1n) is 12.5. The predicted octanol–water partition coefficient (Wildman–Crippen LogP) is 7.27. The summed E-state index contributed by atoms with van der Waals surface area (Å²) in [6.45, 7) is 7.57. The van der Waals surface area contributed by atoms with Gasteiger partial charge in [-0.1, -0.05) is 41.9 Å². The minimum absolute atomic E-state index is 0.609. The third-order valence-corrected chi connectivity index (χ3v) is 7.31. The number of piperidine rings is 1. The van der Waals surface area contributed by atoms with Gasteiger partial charge in [0.05, 0.1) is 23.5 Å². The fourth-order valence-corrected chi connectivity index (χ4v) is 5.13. The van der Waals surface area contributed by atoms with Crippen molar-refractivity contribution in [3.05, 3.63) is 77.0 Å². The Morgan fingerprint density at radius 1 is 1.08 bits per heavy atom. The summed E-state index contributed by atoms with van der Waals surface area (Å²) in [5, 5.41) is 3.11. The van der Waals surface area contributed by atoms with Gasteiger partial charge in [0, 0.05) is 18.8 Å². The molecule has 1 fully saturated rings. The fraction of sp³-hybridized carbons (Fsp3) is 0.333.